The molecular formula is C13H25N3O. The van der Waals surface area contributed by atoms with Crippen molar-refractivity contribution in [1.82, 2.24) is 15.1 Å². The molecule has 98 valence electrons. The number of nitrogens with one attached hydrogen (secondary N) is 1. The largest absolute Gasteiger partial charge is 0.493 e. The van der Waals surface area contributed by atoms with E-state index in [4.69, 9.17) is 4.74 Å². The fraction of sp³-hybridized carbons (Fsp3) is 0.769. The summed E-state index contributed by atoms with van der Waals surface area (Å²) in [7, 11) is 3.70. The first-order valence-electron chi connectivity index (χ1n) is 6.29. The maximum Gasteiger partial charge on any atom is 0.160 e. The first kappa shape index (κ1) is 14.0. The summed E-state index contributed by atoms with van der Waals surface area (Å²) in [6.45, 7) is 8.71. The second-order valence-electron chi connectivity index (χ2n) is 4.96. The molecule has 17 heavy (non-hydrogen) atoms. The van der Waals surface area contributed by atoms with Crippen molar-refractivity contribution in [3.05, 3.63) is 11.9 Å². The molecule has 1 aromatic rings. The van der Waals surface area contributed by atoms with E-state index < -0.39 is 0 Å². The fourth-order valence-corrected chi connectivity index (χ4v) is 2.15. The Balaban J connectivity index is 2.96. The molecule has 4 heteroatoms. The van der Waals surface area contributed by atoms with Crippen molar-refractivity contribution in [1.29, 1.82) is 0 Å². The van der Waals surface area contributed by atoms with Gasteiger partial charge in [-0.1, -0.05) is 6.92 Å². The van der Waals surface area contributed by atoms with Crippen molar-refractivity contribution in [3.63, 3.8) is 0 Å². The Hall–Kier alpha value is -1.03. The number of hydrogen-bond donors (Lipinski definition) is 1. The highest BCUT2D eigenvalue weighted by atomic mass is 16.5. The van der Waals surface area contributed by atoms with Crippen LogP contribution in [0.2, 0.25) is 0 Å². The average Bonchev–Trinajstić information content (AvgIpc) is 2.72. The number of rotatable bonds is 6. The molecule has 0 aliphatic carbocycles. The summed E-state index contributed by atoms with van der Waals surface area (Å²) in [5.74, 6) is 1.33. The zero-order valence-corrected chi connectivity index (χ0v) is 11.8. The number of methoxy groups -OCH3 is 1. The van der Waals surface area contributed by atoms with Gasteiger partial charge in [-0.05, 0) is 34.2 Å². The molecule has 2 atom stereocenters. The predicted molar refractivity (Wildman–Crippen MR) is 70.7 cm³/mol. The van der Waals surface area contributed by atoms with Gasteiger partial charge in [0.25, 0.3) is 0 Å². The smallest absolute Gasteiger partial charge is 0.160 e. The number of hydrogen-bond acceptors (Lipinski definition) is 3. The molecule has 0 radical (unpaired) electrons. The number of ether oxygens (including phenoxy) is 1. The van der Waals surface area contributed by atoms with Gasteiger partial charge in [-0.15, -0.1) is 0 Å². The van der Waals surface area contributed by atoms with Crippen molar-refractivity contribution >= 4 is 0 Å². The minimum atomic E-state index is 0.362. The van der Waals surface area contributed by atoms with Crippen LogP contribution in [-0.4, -0.2) is 30.0 Å². The van der Waals surface area contributed by atoms with E-state index in [1.54, 1.807) is 7.11 Å². The van der Waals surface area contributed by atoms with Crippen molar-refractivity contribution < 1.29 is 4.74 Å². The normalized spacial score (nSPS) is 15.0. The van der Waals surface area contributed by atoms with Crippen LogP contribution in [-0.2, 0) is 0 Å². The average molecular weight is 239 g/mol. The highest BCUT2D eigenvalue weighted by molar-refractivity contribution is 5.28. The fourth-order valence-electron chi connectivity index (χ4n) is 2.15. The van der Waals surface area contributed by atoms with E-state index in [-0.39, 0.29) is 0 Å². The molecule has 0 saturated heterocycles. The lowest BCUT2D eigenvalue weighted by molar-refractivity contribution is 0.390. The Morgan fingerprint density at radius 3 is 2.47 bits per heavy atom. The number of nitrogens with zero attached hydrogens (tertiary/aromatic N) is 2. The zero-order valence-electron chi connectivity index (χ0n) is 11.8. The van der Waals surface area contributed by atoms with Crippen LogP contribution in [0, 0.1) is 0 Å². The van der Waals surface area contributed by atoms with Gasteiger partial charge in [0, 0.05) is 18.0 Å². The first-order valence-corrected chi connectivity index (χ1v) is 6.29. The maximum atomic E-state index is 5.41. The third-order valence-electron chi connectivity index (χ3n) is 3.17. The Bertz CT molecular complexity index is 346. The topological polar surface area (TPSA) is 39.1 Å². The van der Waals surface area contributed by atoms with Crippen LogP contribution in [0.15, 0.2) is 6.20 Å². The van der Waals surface area contributed by atoms with Gasteiger partial charge >= 0.3 is 0 Å². The summed E-state index contributed by atoms with van der Waals surface area (Å²) < 4.78 is 7.47. The Morgan fingerprint density at radius 2 is 2.00 bits per heavy atom. The van der Waals surface area contributed by atoms with Gasteiger partial charge in [-0.3, -0.25) is 4.68 Å². The van der Waals surface area contributed by atoms with E-state index in [9.17, 15) is 0 Å². The SMILES string of the molecule is CNC(C)CC(C)c1c(OC)cnn1C(C)C. The lowest BCUT2D eigenvalue weighted by Gasteiger charge is -2.20. The second-order valence-corrected chi connectivity index (χ2v) is 4.96. The standard InChI is InChI=1S/C13H25N3O/c1-9(2)16-13(12(17-6)8-15-16)10(3)7-11(4)14-5/h8-11,14H,7H2,1-6H3. The summed E-state index contributed by atoms with van der Waals surface area (Å²) in [5.41, 5.74) is 1.20. The van der Waals surface area contributed by atoms with E-state index in [1.165, 1.54) is 5.69 Å². The van der Waals surface area contributed by atoms with Gasteiger partial charge < -0.3 is 10.1 Å². The van der Waals surface area contributed by atoms with Crippen LogP contribution in [0.3, 0.4) is 0 Å². The maximum absolute atomic E-state index is 5.41. The van der Waals surface area contributed by atoms with Crippen LogP contribution < -0.4 is 10.1 Å². The quantitative estimate of drug-likeness (QED) is 0.829. The van der Waals surface area contributed by atoms with Gasteiger partial charge in [0.1, 0.15) is 0 Å². The molecule has 1 N–H and O–H groups in total. The van der Waals surface area contributed by atoms with Crippen LogP contribution in [0.5, 0.6) is 5.75 Å². The van der Waals surface area contributed by atoms with Crippen LogP contribution >= 0.6 is 0 Å². The second kappa shape index (κ2) is 6.05. The Labute approximate surface area is 104 Å². The van der Waals surface area contributed by atoms with Crippen LogP contribution in [0.1, 0.15) is 51.8 Å². The molecule has 0 fully saturated rings. The summed E-state index contributed by atoms with van der Waals surface area (Å²) in [4.78, 5) is 0. The highest BCUT2D eigenvalue weighted by Crippen LogP contribution is 2.31. The van der Waals surface area contributed by atoms with E-state index in [0.29, 0.717) is 18.0 Å². The molecule has 0 spiro atoms. The van der Waals surface area contributed by atoms with Crippen LogP contribution in [0.25, 0.3) is 0 Å². The van der Waals surface area contributed by atoms with Gasteiger partial charge in [-0.25, -0.2) is 0 Å². The van der Waals surface area contributed by atoms with Crippen molar-refractivity contribution in [3.8, 4) is 5.75 Å². The van der Waals surface area contributed by atoms with Crippen LogP contribution in [0.4, 0.5) is 0 Å². The first-order chi connectivity index (χ1) is 8.01. The summed E-state index contributed by atoms with van der Waals surface area (Å²) in [6.07, 6.45) is 2.89. The molecule has 0 aliphatic rings. The molecule has 0 bridgehead atoms. The molecule has 0 aromatic carbocycles. The van der Waals surface area contributed by atoms with E-state index in [2.05, 4.69) is 42.8 Å². The molecule has 1 aromatic heterocycles. The van der Waals surface area contributed by atoms with Gasteiger partial charge in [0.15, 0.2) is 5.75 Å². The Morgan fingerprint density at radius 1 is 1.35 bits per heavy atom. The molecule has 0 amide bonds. The van der Waals surface area contributed by atoms with Gasteiger partial charge in [0.2, 0.25) is 0 Å². The summed E-state index contributed by atoms with van der Waals surface area (Å²) in [6, 6.07) is 0.853. The van der Waals surface area contributed by atoms with E-state index in [0.717, 1.165) is 12.2 Å². The minimum Gasteiger partial charge on any atom is -0.493 e. The van der Waals surface area contributed by atoms with Crippen molar-refractivity contribution in [2.24, 2.45) is 0 Å². The van der Waals surface area contributed by atoms with Gasteiger partial charge in [-0.2, -0.15) is 5.10 Å². The van der Waals surface area contributed by atoms with E-state index >= 15 is 0 Å². The lowest BCUT2D eigenvalue weighted by atomic mass is 9.98. The summed E-state index contributed by atoms with van der Waals surface area (Å²) >= 11 is 0. The molecular weight excluding hydrogens is 214 g/mol. The Kier molecular flexibility index (Phi) is 5.00. The monoisotopic (exact) mass is 239 g/mol. The van der Waals surface area contributed by atoms with E-state index in [1.807, 2.05) is 13.2 Å². The van der Waals surface area contributed by atoms with Crippen molar-refractivity contribution in [2.45, 2.75) is 52.1 Å². The summed E-state index contributed by atoms with van der Waals surface area (Å²) in [5, 5.41) is 7.69. The molecule has 0 aliphatic heterocycles. The lowest BCUT2D eigenvalue weighted by Crippen LogP contribution is -2.24. The van der Waals surface area contributed by atoms with Crippen molar-refractivity contribution in [2.75, 3.05) is 14.2 Å². The highest BCUT2D eigenvalue weighted by Gasteiger charge is 2.21. The third kappa shape index (κ3) is 3.22. The third-order valence-corrected chi connectivity index (χ3v) is 3.17. The molecule has 4 nitrogen and oxygen atoms in total. The molecule has 1 rings (SSSR count). The molecule has 2 unspecified atom stereocenters. The predicted octanol–water partition coefficient (Wildman–Crippen LogP) is 2.57. The zero-order chi connectivity index (χ0) is 13.0. The molecule has 0 saturated carbocycles. The minimum absolute atomic E-state index is 0.362. The number of aromatic nitrogens is 2. The van der Waals surface area contributed by atoms with Gasteiger partial charge in [0.05, 0.1) is 19.0 Å². The molecule has 1 heterocycles.